The van der Waals surface area contributed by atoms with Crippen molar-refractivity contribution >= 4 is 44.7 Å². The van der Waals surface area contributed by atoms with Gasteiger partial charge < -0.3 is 14.6 Å². The van der Waals surface area contributed by atoms with Crippen LogP contribution >= 0.6 is 22.9 Å². The number of fused-ring (bicyclic) bond motifs is 1. The van der Waals surface area contributed by atoms with Crippen LogP contribution in [0.25, 0.3) is 10.2 Å². The van der Waals surface area contributed by atoms with Crippen molar-refractivity contribution in [3.8, 4) is 5.75 Å². The molecule has 1 N–H and O–H groups in total. The van der Waals surface area contributed by atoms with Gasteiger partial charge in [-0.15, -0.1) is 0 Å². The highest BCUT2D eigenvalue weighted by Gasteiger charge is 2.20. The fourth-order valence-corrected chi connectivity index (χ4v) is 3.55. The Morgan fingerprint density at radius 1 is 1.32 bits per heavy atom. The molecule has 3 aromatic rings. The molecule has 0 spiro atoms. The molecule has 0 aliphatic heterocycles. The van der Waals surface area contributed by atoms with Crippen LogP contribution in [0.2, 0.25) is 5.02 Å². The van der Waals surface area contributed by atoms with Gasteiger partial charge in [-0.1, -0.05) is 42.0 Å². The van der Waals surface area contributed by atoms with Crippen LogP contribution in [0.5, 0.6) is 5.75 Å². The summed E-state index contributed by atoms with van der Waals surface area (Å²) < 4.78 is 8.15. The molecule has 0 saturated carbocycles. The summed E-state index contributed by atoms with van der Waals surface area (Å²) in [6, 6.07) is 12.4. The lowest BCUT2D eigenvalue weighted by Crippen LogP contribution is -2.32. The first kappa shape index (κ1) is 17.5. The summed E-state index contributed by atoms with van der Waals surface area (Å²) >= 11 is 7.23. The molecular weight excluding hydrogens is 360 g/mol. The third-order valence-electron chi connectivity index (χ3n) is 3.83. The van der Waals surface area contributed by atoms with Crippen molar-refractivity contribution in [1.29, 1.82) is 0 Å². The molecule has 3 rings (SSSR count). The minimum absolute atomic E-state index is 0.0352. The van der Waals surface area contributed by atoms with Gasteiger partial charge in [0.1, 0.15) is 5.75 Å². The van der Waals surface area contributed by atoms with Gasteiger partial charge in [-0.3, -0.25) is 9.59 Å². The first-order valence-electron chi connectivity index (χ1n) is 7.81. The Hall–Kier alpha value is -2.31. The predicted octanol–water partition coefficient (Wildman–Crippen LogP) is 4.05. The number of anilines is 1. The first-order chi connectivity index (χ1) is 12.0. The first-order valence-corrected chi connectivity index (χ1v) is 9.00. The molecule has 1 heterocycles. The van der Waals surface area contributed by atoms with E-state index in [9.17, 15) is 9.59 Å². The molecule has 5 nitrogen and oxygen atoms in total. The molecule has 0 fully saturated rings. The van der Waals surface area contributed by atoms with E-state index in [-0.39, 0.29) is 10.8 Å². The van der Waals surface area contributed by atoms with Crippen molar-refractivity contribution < 1.29 is 9.53 Å². The number of para-hydroxylation sites is 1. The number of aromatic nitrogens is 1. The van der Waals surface area contributed by atoms with Crippen LogP contribution in [0.4, 0.5) is 5.69 Å². The number of hydrogen-bond donors (Lipinski definition) is 1. The van der Waals surface area contributed by atoms with Crippen molar-refractivity contribution in [2.24, 2.45) is 7.05 Å². The highest BCUT2D eigenvalue weighted by Crippen LogP contribution is 2.26. The summed E-state index contributed by atoms with van der Waals surface area (Å²) in [6.45, 7) is 1.87. The van der Waals surface area contributed by atoms with Crippen molar-refractivity contribution in [1.82, 2.24) is 4.57 Å². The number of hydrogen-bond acceptors (Lipinski definition) is 4. The number of ether oxygens (including phenoxy) is 1. The molecule has 130 valence electrons. The van der Waals surface area contributed by atoms with E-state index in [1.54, 1.807) is 48.0 Å². The van der Waals surface area contributed by atoms with E-state index in [1.807, 2.05) is 13.0 Å². The number of thiazole rings is 1. The number of nitrogens with one attached hydrogen (secondary N) is 1. The van der Waals surface area contributed by atoms with Crippen LogP contribution in [-0.4, -0.2) is 16.6 Å². The molecule has 0 radical (unpaired) electrons. The van der Waals surface area contributed by atoms with Crippen LogP contribution in [-0.2, 0) is 11.8 Å². The van der Waals surface area contributed by atoms with E-state index >= 15 is 0 Å². The predicted molar refractivity (Wildman–Crippen MR) is 102 cm³/mol. The lowest BCUT2D eigenvalue weighted by Gasteiger charge is -2.18. The second-order valence-electron chi connectivity index (χ2n) is 5.54. The summed E-state index contributed by atoms with van der Waals surface area (Å²) in [7, 11) is 1.73. The van der Waals surface area contributed by atoms with Crippen molar-refractivity contribution in [2.45, 2.75) is 19.4 Å². The maximum Gasteiger partial charge on any atom is 0.307 e. The Morgan fingerprint density at radius 3 is 2.80 bits per heavy atom. The van der Waals surface area contributed by atoms with Gasteiger partial charge in [-0.2, -0.15) is 0 Å². The second-order valence-corrected chi connectivity index (χ2v) is 6.94. The number of nitrogens with zero attached hydrogens (tertiary/aromatic N) is 1. The van der Waals surface area contributed by atoms with Gasteiger partial charge in [0.25, 0.3) is 5.91 Å². The number of benzene rings is 2. The SMILES string of the molecule is CC[C@@H](Oc1ccccc1Cl)C(=O)Nc1ccc2c(c1)sc(=O)n2C. The summed E-state index contributed by atoms with van der Waals surface area (Å²) in [5.41, 5.74) is 1.47. The Balaban J connectivity index is 1.78. The minimum Gasteiger partial charge on any atom is -0.479 e. The van der Waals surface area contributed by atoms with Gasteiger partial charge in [-0.05, 0) is 36.8 Å². The molecule has 7 heteroatoms. The largest absolute Gasteiger partial charge is 0.479 e. The van der Waals surface area contributed by atoms with Gasteiger partial charge >= 0.3 is 4.87 Å². The third kappa shape index (κ3) is 3.70. The monoisotopic (exact) mass is 376 g/mol. The number of carbonyl (C=O) groups is 1. The molecule has 25 heavy (non-hydrogen) atoms. The average molecular weight is 377 g/mol. The fourth-order valence-electron chi connectivity index (χ4n) is 2.45. The molecule has 1 aromatic heterocycles. The number of carbonyl (C=O) groups excluding carboxylic acids is 1. The quantitative estimate of drug-likeness (QED) is 0.730. The standard InChI is InChI=1S/C18H17ClN2O3S/c1-3-14(24-15-7-5-4-6-12(15)19)17(22)20-11-8-9-13-16(10-11)25-18(23)21(13)2/h4-10,14H,3H2,1-2H3,(H,20,22)/t14-/m1/s1. The number of aryl methyl sites for hydroxylation is 1. The molecular formula is C18H17ClN2O3S. The van der Waals surface area contributed by atoms with Gasteiger partial charge in [-0.25, -0.2) is 0 Å². The average Bonchev–Trinajstić information content (AvgIpc) is 2.88. The summed E-state index contributed by atoms with van der Waals surface area (Å²) in [6.07, 6.45) is -0.164. The smallest absolute Gasteiger partial charge is 0.307 e. The lowest BCUT2D eigenvalue weighted by molar-refractivity contribution is -0.122. The van der Waals surface area contributed by atoms with E-state index in [0.717, 1.165) is 21.6 Å². The Kier molecular flexibility index (Phi) is 5.11. The third-order valence-corrected chi connectivity index (χ3v) is 5.14. The molecule has 0 aliphatic rings. The van der Waals surface area contributed by atoms with E-state index in [2.05, 4.69) is 5.32 Å². The maximum absolute atomic E-state index is 12.5. The van der Waals surface area contributed by atoms with Crippen LogP contribution < -0.4 is 14.9 Å². The van der Waals surface area contributed by atoms with E-state index in [4.69, 9.17) is 16.3 Å². The Morgan fingerprint density at radius 2 is 2.08 bits per heavy atom. The van der Waals surface area contributed by atoms with Crippen molar-refractivity contribution in [3.05, 3.63) is 57.2 Å². The molecule has 0 aliphatic carbocycles. The van der Waals surface area contributed by atoms with Crippen molar-refractivity contribution in [2.75, 3.05) is 5.32 Å². The number of amides is 1. The van der Waals surface area contributed by atoms with Crippen LogP contribution in [0, 0.1) is 0 Å². The van der Waals surface area contributed by atoms with Crippen molar-refractivity contribution in [3.63, 3.8) is 0 Å². The topological polar surface area (TPSA) is 60.3 Å². The zero-order chi connectivity index (χ0) is 18.0. The van der Waals surface area contributed by atoms with Crippen LogP contribution in [0.1, 0.15) is 13.3 Å². The molecule has 2 aromatic carbocycles. The Labute approximate surface area is 153 Å². The molecule has 0 bridgehead atoms. The molecule has 0 unspecified atom stereocenters. The lowest BCUT2D eigenvalue weighted by atomic mass is 10.2. The molecule has 1 amide bonds. The second kappa shape index (κ2) is 7.29. The maximum atomic E-state index is 12.5. The van der Waals surface area contributed by atoms with Gasteiger partial charge in [0.2, 0.25) is 0 Å². The normalized spacial score (nSPS) is 12.1. The molecule has 0 saturated heterocycles. The van der Waals surface area contributed by atoms with Crippen LogP contribution in [0.3, 0.4) is 0 Å². The molecule has 1 atom stereocenters. The van der Waals surface area contributed by atoms with E-state index in [0.29, 0.717) is 22.9 Å². The van der Waals surface area contributed by atoms with Gasteiger partial charge in [0, 0.05) is 12.7 Å². The van der Waals surface area contributed by atoms with E-state index in [1.165, 1.54) is 0 Å². The zero-order valence-electron chi connectivity index (χ0n) is 13.8. The van der Waals surface area contributed by atoms with Crippen LogP contribution in [0.15, 0.2) is 47.3 Å². The summed E-state index contributed by atoms with van der Waals surface area (Å²) in [5.74, 6) is 0.216. The summed E-state index contributed by atoms with van der Waals surface area (Å²) in [5, 5.41) is 3.30. The van der Waals surface area contributed by atoms with Gasteiger partial charge in [0.05, 0.1) is 15.2 Å². The zero-order valence-corrected chi connectivity index (χ0v) is 15.4. The number of halogens is 1. The highest BCUT2D eigenvalue weighted by atomic mass is 35.5. The highest BCUT2D eigenvalue weighted by molar-refractivity contribution is 7.16. The van der Waals surface area contributed by atoms with E-state index < -0.39 is 6.10 Å². The Bertz CT molecular complexity index is 980. The van der Waals surface area contributed by atoms with Gasteiger partial charge in [0.15, 0.2) is 6.10 Å². The fraction of sp³-hybridized carbons (Fsp3) is 0.222. The minimum atomic E-state index is -0.662. The number of rotatable bonds is 5. The summed E-state index contributed by atoms with van der Waals surface area (Å²) in [4.78, 5) is 24.2.